The molecule has 0 aliphatic rings. The minimum Gasteiger partial charge on any atom is -0.451 e. The fraction of sp³-hybridized carbons (Fsp3) is 0.211. The van der Waals surface area contributed by atoms with Gasteiger partial charge in [-0.1, -0.05) is 6.07 Å². The Kier molecular flexibility index (Phi) is 5.49. The van der Waals surface area contributed by atoms with Crippen LogP contribution in [0.15, 0.2) is 35.0 Å². The number of carbonyl (C=O) groups is 2. The number of aryl methyl sites for hydroxylation is 3. The van der Waals surface area contributed by atoms with Gasteiger partial charge < -0.3 is 10.1 Å². The first kappa shape index (κ1) is 18.3. The standard InChI is InChI=1S/C19H18N2O3S2/c1-11-4-5-15(8-12(11)2)21-16(22)9-24-19(23)17-13(3)20-18(26-17)14-6-7-25-10-14/h4-8,10H,9H2,1-3H3,(H,21,22). The summed E-state index contributed by atoms with van der Waals surface area (Å²) in [4.78, 5) is 29.1. The van der Waals surface area contributed by atoms with Crippen molar-refractivity contribution in [1.82, 2.24) is 4.98 Å². The molecule has 2 aromatic heterocycles. The van der Waals surface area contributed by atoms with Gasteiger partial charge >= 0.3 is 5.97 Å². The van der Waals surface area contributed by atoms with Crippen LogP contribution in [0.2, 0.25) is 0 Å². The highest BCUT2D eigenvalue weighted by molar-refractivity contribution is 7.17. The summed E-state index contributed by atoms with van der Waals surface area (Å²) < 4.78 is 5.15. The Morgan fingerprint density at radius 1 is 1.15 bits per heavy atom. The van der Waals surface area contributed by atoms with Crippen molar-refractivity contribution in [2.45, 2.75) is 20.8 Å². The predicted molar refractivity (Wildman–Crippen MR) is 105 cm³/mol. The number of nitrogens with one attached hydrogen (secondary N) is 1. The van der Waals surface area contributed by atoms with Crippen LogP contribution >= 0.6 is 22.7 Å². The summed E-state index contributed by atoms with van der Waals surface area (Å²) in [6.45, 7) is 5.40. The molecular formula is C19H18N2O3S2. The average molecular weight is 386 g/mol. The monoisotopic (exact) mass is 386 g/mol. The Hall–Kier alpha value is -2.51. The lowest BCUT2D eigenvalue weighted by Gasteiger charge is -2.08. The molecule has 5 nitrogen and oxygen atoms in total. The molecule has 7 heteroatoms. The van der Waals surface area contributed by atoms with Gasteiger partial charge in [0.05, 0.1) is 5.69 Å². The molecule has 0 aliphatic heterocycles. The zero-order valence-electron chi connectivity index (χ0n) is 14.7. The number of benzene rings is 1. The second-order valence-electron chi connectivity index (χ2n) is 5.87. The third-order valence-corrected chi connectivity index (χ3v) is 5.74. The number of anilines is 1. The first-order valence-electron chi connectivity index (χ1n) is 7.98. The maximum absolute atomic E-state index is 12.3. The van der Waals surface area contributed by atoms with Crippen molar-refractivity contribution in [3.8, 4) is 10.6 Å². The highest BCUT2D eigenvalue weighted by atomic mass is 32.1. The molecule has 0 radical (unpaired) electrons. The molecule has 2 heterocycles. The fourth-order valence-corrected chi connectivity index (χ4v) is 3.98. The molecule has 0 unspecified atom stereocenters. The van der Waals surface area contributed by atoms with E-state index in [1.807, 2.05) is 48.9 Å². The second-order valence-corrected chi connectivity index (χ2v) is 7.65. The van der Waals surface area contributed by atoms with E-state index in [-0.39, 0.29) is 12.5 Å². The molecule has 26 heavy (non-hydrogen) atoms. The number of aromatic nitrogens is 1. The predicted octanol–water partition coefficient (Wildman–Crippen LogP) is 4.59. The molecule has 0 aliphatic carbocycles. The summed E-state index contributed by atoms with van der Waals surface area (Å²) in [6, 6.07) is 7.59. The normalized spacial score (nSPS) is 10.6. The number of hydrogen-bond acceptors (Lipinski definition) is 6. The second kappa shape index (κ2) is 7.80. The third-order valence-electron chi connectivity index (χ3n) is 3.88. The van der Waals surface area contributed by atoms with Crippen molar-refractivity contribution < 1.29 is 14.3 Å². The van der Waals surface area contributed by atoms with E-state index in [0.717, 1.165) is 21.7 Å². The van der Waals surface area contributed by atoms with Gasteiger partial charge in [0.25, 0.3) is 5.91 Å². The molecule has 0 spiro atoms. The van der Waals surface area contributed by atoms with Gasteiger partial charge in [0.2, 0.25) is 0 Å². The number of carbonyl (C=O) groups excluding carboxylic acids is 2. The Labute approximate surface area is 159 Å². The Bertz CT molecular complexity index is 946. The van der Waals surface area contributed by atoms with Crippen molar-refractivity contribution in [2.75, 3.05) is 11.9 Å². The Morgan fingerprint density at radius 2 is 1.96 bits per heavy atom. The van der Waals surface area contributed by atoms with Crippen LogP contribution in [0.4, 0.5) is 5.69 Å². The molecule has 3 aromatic rings. The van der Waals surface area contributed by atoms with Gasteiger partial charge in [-0.05, 0) is 55.5 Å². The molecule has 134 valence electrons. The number of thiazole rings is 1. The number of amides is 1. The Balaban J connectivity index is 1.60. The maximum atomic E-state index is 12.3. The van der Waals surface area contributed by atoms with E-state index in [1.165, 1.54) is 11.3 Å². The molecule has 0 bridgehead atoms. The summed E-state index contributed by atoms with van der Waals surface area (Å²) >= 11 is 2.85. The summed E-state index contributed by atoms with van der Waals surface area (Å²) in [7, 11) is 0. The number of ether oxygens (including phenoxy) is 1. The van der Waals surface area contributed by atoms with Gasteiger partial charge in [-0.3, -0.25) is 4.79 Å². The van der Waals surface area contributed by atoms with Crippen molar-refractivity contribution >= 4 is 40.2 Å². The number of rotatable bonds is 5. The Morgan fingerprint density at radius 3 is 2.65 bits per heavy atom. The van der Waals surface area contributed by atoms with Gasteiger partial charge in [0, 0.05) is 16.6 Å². The smallest absolute Gasteiger partial charge is 0.350 e. The fourth-order valence-electron chi connectivity index (χ4n) is 2.31. The van der Waals surface area contributed by atoms with Crippen molar-refractivity contribution in [1.29, 1.82) is 0 Å². The van der Waals surface area contributed by atoms with E-state index >= 15 is 0 Å². The van der Waals surface area contributed by atoms with E-state index in [4.69, 9.17) is 4.74 Å². The van der Waals surface area contributed by atoms with Crippen molar-refractivity contribution in [3.05, 3.63) is 56.7 Å². The molecule has 0 saturated heterocycles. The minimum atomic E-state index is -0.531. The van der Waals surface area contributed by atoms with Crippen LogP contribution in [0.5, 0.6) is 0 Å². The van der Waals surface area contributed by atoms with E-state index in [0.29, 0.717) is 16.3 Å². The summed E-state index contributed by atoms with van der Waals surface area (Å²) in [5, 5.41) is 7.44. The van der Waals surface area contributed by atoms with Crippen LogP contribution in [-0.4, -0.2) is 23.5 Å². The van der Waals surface area contributed by atoms with Crippen LogP contribution in [0.25, 0.3) is 10.6 Å². The molecule has 0 fully saturated rings. The summed E-state index contributed by atoms with van der Waals surface area (Å²) in [5.41, 5.74) is 4.51. The quantitative estimate of drug-likeness (QED) is 0.651. The van der Waals surface area contributed by atoms with Crippen LogP contribution in [0.3, 0.4) is 0 Å². The van der Waals surface area contributed by atoms with Gasteiger partial charge in [0.15, 0.2) is 6.61 Å². The minimum absolute atomic E-state index is 0.336. The summed E-state index contributed by atoms with van der Waals surface area (Å²) in [6.07, 6.45) is 0. The lowest BCUT2D eigenvalue weighted by Crippen LogP contribution is -2.21. The largest absolute Gasteiger partial charge is 0.451 e. The van der Waals surface area contributed by atoms with E-state index in [9.17, 15) is 9.59 Å². The van der Waals surface area contributed by atoms with Gasteiger partial charge in [0.1, 0.15) is 9.88 Å². The average Bonchev–Trinajstić information content (AvgIpc) is 3.25. The lowest BCUT2D eigenvalue weighted by molar-refractivity contribution is -0.119. The number of thiophene rings is 1. The molecule has 0 saturated carbocycles. The molecular weight excluding hydrogens is 368 g/mol. The van der Waals surface area contributed by atoms with Gasteiger partial charge in [-0.25, -0.2) is 9.78 Å². The van der Waals surface area contributed by atoms with Crippen LogP contribution in [-0.2, 0) is 9.53 Å². The molecule has 1 amide bonds. The van der Waals surface area contributed by atoms with E-state index in [1.54, 1.807) is 18.3 Å². The van der Waals surface area contributed by atoms with Crippen LogP contribution in [0.1, 0.15) is 26.5 Å². The first-order valence-corrected chi connectivity index (χ1v) is 9.74. The van der Waals surface area contributed by atoms with Crippen molar-refractivity contribution in [3.63, 3.8) is 0 Å². The molecule has 3 rings (SSSR count). The zero-order chi connectivity index (χ0) is 18.7. The van der Waals surface area contributed by atoms with E-state index < -0.39 is 5.97 Å². The maximum Gasteiger partial charge on any atom is 0.350 e. The van der Waals surface area contributed by atoms with Gasteiger partial charge in [-0.2, -0.15) is 11.3 Å². The zero-order valence-corrected chi connectivity index (χ0v) is 16.3. The van der Waals surface area contributed by atoms with E-state index in [2.05, 4.69) is 10.3 Å². The van der Waals surface area contributed by atoms with Gasteiger partial charge in [-0.15, -0.1) is 11.3 Å². The topological polar surface area (TPSA) is 68.3 Å². The van der Waals surface area contributed by atoms with Crippen LogP contribution < -0.4 is 5.32 Å². The SMILES string of the molecule is Cc1ccc(NC(=O)COC(=O)c2sc(-c3ccsc3)nc2C)cc1C. The highest BCUT2D eigenvalue weighted by Crippen LogP contribution is 2.29. The molecule has 0 atom stereocenters. The highest BCUT2D eigenvalue weighted by Gasteiger charge is 2.19. The molecule has 1 N–H and O–H groups in total. The first-order chi connectivity index (χ1) is 12.4. The number of nitrogens with zero attached hydrogens (tertiary/aromatic N) is 1. The lowest BCUT2D eigenvalue weighted by atomic mass is 10.1. The summed E-state index contributed by atoms with van der Waals surface area (Å²) in [5.74, 6) is -0.904. The number of esters is 1. The molecule has 1 aromatic carbocycles. The van der Waals surface area contributed by atoms with Crippen LogP contribution in [0, 0.1) is 20.8 Å². The third kappa shape index (κ3) is 4.17. The van der Waals surface area contributed by atoms with Crippen molar-refractivity contribution in [2.24, 2.45) is 0 Å². The number of hydrogen-bond donors (Lipinski definition) is 1.